The molecule has 142 valence electrons. The van der Waals surface area contributed by atoms with Crippen molar-refractivity contribution in [1.82, 2.24) is 0 Å². The minimum absolute atomic E-state index is 0.0527. The Kier molecular flexibility index (Phi) is 5.92. The number of alkyl halides is 3. The highest BCUT2D eigenvalue weighted by Gasteiger charge is 2.37. The van der Waals surface area contributed by atoms with Crippen LogP contribution in [0.5, 0.6) is 0 Å². The molecule has 0 spiro atoms. The lowest BCUT2D eigenvalue weighted by Crippen LogP contribution is -2.37. The van der Waals surface area contributed by atoms with Crippen molar-refractivity contribution in [1.29, 1.82) is 0 Å². The highest BCUT2D eigenvalue weighted by atomic mass is 35.5. The molecule has 0 bridgehead atoms. The van der Waals surface area contributed by atoms with Crippen LogP contribution in [0.4, 0.5) is 18.9 Å². The first-order valence-corrected chi connectivity index (χ1v) is 9.73. The summed E-state index contributed by atoms with van der Waals surface area (Å²) in [5, 5.41) is 0.0838. The summed E-state index contributed by atoms with van der Waals surface area (Å²) in [4.78, 5) is -0.0527. The topological polar surface area (TPSA) is 37.4 Å². The summed E-state index contributed by atoms with van der Waals surface area (Å²) in [6.07, 6.45) is -4.36. The second kappa shape index (κ2) is 7.48. The van der Waals surface area contributed by atoms with Gasteiger partial charge in [0.1, 0.15) is 4.90 Å². The fourth-order valence-corrected chi connectivity index (χ4v) is 4.73. The van der Waals surface area contributed by atoms with Crippen LogP contribution >= 0.6 is 11.6 Å². The van der Waals surface area contributed by atoms with Gasteiger partial charge in [-0.05, 0) is 50.6 Å². The molecule has 0 aromatic heterocycles. The molecule has 0 saturated heterocycles. The number of hydrogen-bond acceptors (Lipinski definition) is 2. The van der Waals surface area contributed by atoms with Gasteiger partial charge >= 0.3 is 6.18 Å². The Balaban J connectivity index is 2.47. The normalized spacial score (nSPS) is 13.7. The molecule has 0 radical (unpaired) electrons. The van der Waals surface area contributed by atoms with E-state index in [2.05, 4.69) is 0 Å². The molecule has 2 aromatic carbocycles. The van der Waals surface area contributed by atoms with E-state index in [1.165, 1.54) is 36.4 Å². The van der Waals surface area contributed by atoms with Crippen LogP contribution < -0.4 is 4.31 Å². The van der Waals surface area contributed by atoms with Crippen molar-refractivity contribution in [2.45, 2.75) is 43.8 Å². The summed E-state index contributed by atoms with van der Waals surface area (Å²) in [7, 11) is -3.97. The van der Waals surface area contributed by atoms with Gasteiger partial charge in [-0.2, -0.15) is 13.2 Å². The van der Waals surface area contributed by atoms with E-state index in [4.69, 9.17) is 11.6 Å². The number of sulfonamides is 1. The van der Waals surface area contributed by atoms with Crippen LogP contribution in [0.3, 0.4) is 0 Å². The summed E-state index contributed by atoms with van der Waals surface area (Å²) in [5.41, 5.74) is 0.346. The summed E-state index contributed by atoms with van der Waals surface area (Å²) >= 11 is 6.03. The maximum Gasteiger partial charge on any atom is 0.395 e. The SMILES string of the molecule is CC(C)N(c1ccc([C@@H](C)C(F)(F)F)cc1)S(=O)(=O)c1ccccc1Cl. The van der Waals surface area contributed by atoms with Gasteiger partial charge < -0.3 is 0 Å². The molecule has 2 aromatic rings. The molecule has 0 aliphatic carbocycles. The minimum atomic E-state index is -4.36. The van der Waals surface area contributed by atoms with Gasteiger partial charge in [0.25, 0.3) is 10.0 Å². The lowest BCUT2D eigenvalue weighted by atomic mass is 10.0. The molecular formula is C18H19ClF3NO2S. The zero-order valence-corrected chi connectivity index (χ0v) is 16.0. The van der Waals surface area contributed by atoms with Crippen molar-refractivity contribution in [3.63, 3.8) is 0 Å². The zero-order valence-electron chi connectivity index (χ0n) is 14.5. The average Bonchev–Trinajstić information content (AvgIpc) is 2.53. The zero-order chi connectivity index (χ0) is 19.7. The van der Waals surface area contributed by atoms with Crippen molar-refractivity contribution in [3.05, 3.63) is 59.1 Å². The first-order chi connectivity index (χ1) is 12.0. The van der Waals surface area contributed by atoms with E-state index in [0.29, 0.717) is 0 Å². The Morgan fingerprint density at radius 1 is 0.962 bits per heavy atom. The lowest BCUT2D eigenvalue weighted by Gasteiger charge is -2.29. The van der Waals surface area contributed by atoms with Crippen molar-refractivity contribution in [2.24, 2.45) is 0 Å². The fourth-order valence-electron chi connectivity index (χ4n) is 2.57. The maximum absolute atomic E-state index is 13.0. The number of rotatable bonds is 5. The Hall–Kier alpha value is -1.73. The van der Waals surface area contributed by atoms with E-state index in [1.807, 2.05) is 0 Å². The predicted octanol–water partition coefficient (Wildman–Crippen LogP) is 5.61. The Morgan fingerprint density at radius 2 is 1.50 bits per heavy atom. The molecule has 0 aliphatic rings. The van der Waals surface area contributed by atoms with Gasteiger partial charge in [0, 0.05) is 6.04 Å². The van der Waals surface area contributed by atoms with E-state index >= 15 is 0 Å². The van der Waals surface area contributed by atoms with Crippen LogP contribution in [0.1, 0.15) is 32.3 Å². The van der Waals surface area contributed by atoms with Gasteiger partial charge in [0.05, 0.1) is 16.6 Å². The van der Waals surface area contributed by atoms with Crippen LogP contribution in [0.15, 0.2) is 53.4 Å². The molecule has 1 atom stereocenters. The molecular weight excluding hydrogens is 387 g/mol. The quantitative estimate of drug-likeness (QED) is 0.648. The van der Waals surface area contributed by atoms with Crippen LogP contribution in [-0.2, 0) is 10.0 Å². The highest BCUT2D eigenvalue weighted by Crippen LogP contribution is 2.36. The first kappa shape index (κ1) is 20.6. The second-order valence-electron chi connectivity index (χ2n) is 6.18. The van der Waals surface area contributed by atoms with Crippen molar-refractivity contribution in [2.75, 3.05) is 4.31 Å². The molecule has 2 rings (SSSR count). The van der Waals surface area contributed by atoms with Gasteiger partial charge in [0.15, 0.2) is 0 Å². The Bertz CT molecular complexity index is 865. The molecule has 0 N–H and O–H groups in total. The number of hydrogen-bond donors (Lipinski definition) is 0. The van der Waals surface area contributed by atoms with Crippen LogP contribution in [0, 0.1) is 0 Å². The van der Waals surface area contributed by atoms with Crippen molar-refractivity contribution in [3.8, 4) is 0 Å². The Morgan fingerprint density at radius 3 is 1.96 bits per heavy atom. The molecule has 0 unspecified atom stereocenters. The molecule has 3 nitrogen and oxygen atoms in total. The summed E-state index contributed by atoms with van der Waals surface area (Å²) < 4.78 is 65.8. The molecule has 0 heterocycles. The van der Waals surface area contributed by atoms with Crippen molar-refractivity contribution < 1.29 is 21.6 Å². The fraction of sp³-hybridized carbons (Fsp3) is 0.333. The predicted molar refractivity (Wildman–Crippen MR) is 97.2 cm³/mol. The van der Waals surface area contributed by atoms with E-state index < -0.39 is 28.2 Å². The molecule has 0 amide bonds. The van der Waals surface area contributed by atoms with Crippen LogP contribution in [0.2, 0.25) is 5.02 Å². The molecule has 0 saturated carbocycles. The lowest BCUT2D eigenvalue weighted by molar-refractivity contribution is -0.146. The second-order valence-corrected chi connectivity index (χ2v) is 8.37. The number of benzene rings is 2. The van der Waals surface area contributed by atoms with Gasteiger partial charge in [-0.15, -0.1) is 0 Å². The highest BCUT2D eigenvalue weighted by molar-refractivity contribution is 7.93. The third kappa shape index (κ3) is 4.15. The van der Waals surface area contributed by atoms with Gasteiger partial charge in [-0.3, -0.25) is 4.31 Å². The van der Waals surface area contributed by atoms with Gasteiger partial charge in [-0.1, -0.05) is 35.9 Å². The third-order valence-corrected chi connectivity index (χ3v) is 6.48. The van der Waals surface area contributed by atoms with Crippen LogP contribution in [0.25, 0.3) is 0 Å². The number of nitrogens with zero attached hydrogens (tertiary/aromatic N) is 1. The van der Waals surface area contributed by atoms with E-state index in [-0.39, 0.29) is 21.2 Å². The van der Waals surface area contributed by atoms with E-state index in [0.717, 1.165) is 11.2 Å². The van der Waals surface area contributed by atoms with Crippen molar-refractivity contribution >= 4 is 27.3 Å². The largest absolute Gasteiger partial charge is 0.395 e. The monoisotopic (exact) mass is 405 g/mol. The molecule has 8 heteroatoms. The maximum atomic E-state index is 13.0. The van der Waals surface area contributed by atoms with Gasteiger partial charge in [-0.25, -0.2) is 8.42 Å². The number of anilines is 1. The third-order valence-electron chi connectivity index (χ3n) is 3.98. The Labute approximate surface area is 156 Å². The smallest absolute Gasteiger partial charge is 0.264 e. The summed E-state index contributed by atoms with van der Waals surface area (Å²) in [6.45, 7) is 4.43. The molecule has 0 fully saturated rings. The standard InChI is InChI=1S/C18H19ClF3NO2S/c1-12(2)23(26(24,25)17-7-5-4-6-16(17)19)15-10-8-14(9-11-15)13(3)18(20,21)22/h4-13H,1-3H3/t13-/m1/s1. The molecule has 26 heavy (non-hydrogen) atoms. The van der Waals surface area contributed by atoms with E-state index in [1.54, 1.807) is 26.0 Å². The first-order valence-electron chi connectivity index (χ1n) is 7.92. The van der Waals surface area contributed by atoms with E-state index in [9.17, 15) is 21.6 Å². The van der Waals surface area contributed by atoms with Gasteiger partial charge in [0.2, 0.25) is 0 Å². The summed E-state index contributed by atoms with van der Waals surface area (Å²) in [5.74, 6) is -1.63. The minimum Gasteiger partial charge on any atom is -0.264 e. The molecule has 0 aliphatic heterocycles. The summed E-state index contributed by atoms with van der Waals surface area (Å²) in [6, 6.07) is 10.9. The average molecular weight is 406 g/mol. The van der Waals surface area contributed by atoms with Crippen LogP contribution in [-0.4, -0.2) is 20.6 Å². The number of halogens is 4.